The molecular weight excluding hydrogens is 389 g/mol. The van der Waals surface area contributed by atoms with Crippen LogP contribution in [-0.2, 0) is 4.74 Å². The molecule has 3 rings (SSSR count). The molecule has 1 aliphatic heterocycles. The van der Waals surface area contributed by atoms with Gasteiger partial charge in [0.15, 0.2) is 0 Å². The fourth-order valence-corrected chi connectivity index (χ4v) is 4.38. The Bertz CT molecular complexity index is 819. The molecule has 2 aromatic rings. The van der Waals surface area contributed by atoms with Gasteiger partial charge in [-0.2, -0.15) is 4.83 Å². The van der Waals surface area contributed by atoms with Crippen molar-refractivity contribution in [2.75, 3.05) is 33.4 Å². The van der Waals surface area contributed by atoms with Gasteiger partial charge in [0.2, 0.25) is 0 Å². The number of halogens is 1. The molecule has 7 heteroatoms. The van der Waals surface area contributed by atoms with Gasteiger partial charge in [-0.1, -0.05) is 42.3 Å². The van der Waals surface area contributed by atoms with Gasteiger partial charge in [0.1, 0.15) is 5.82 Å². The van der Waals surface area contributed by atoms with Crippen molar-refractivity contribution in [2.24, 2.45) is 0 Å². The summed E-state index contributed by atoms with van der Waals surface area (Å²) in [6, 6.07) is 13.0. The van der Waals surface area contributed by atoms with E-state index in [-0.39, 0.29) is 5.56 Å². The lowest BCUT2D eigenvalue weighted by molar-refractivity contribution is 0.0942. The summed E-state index contributed by atoms with van der Waals surface area (Å²) in [4.78, 5) is 17.9. The van der Waals surface area contributed by atoms with Crippen LogP contribution < -0.4 is 10.3 Å². The molecule has 0 bridgehead atoms. The molecule has 0 aromatic heterocycles. The molecule has 29 heavy (non-hydrogen) atoms. The van der Waals surface area contributed by atoms with E-state index in [0.717, 1.165) is 50.2 Å². The Morgan fingerprint density at radius 2 is 2.07 bits per heavy atom. The molecular formula is C22H28FN3O2S. The maximum atomic E-state index is 14.6. The molecule has 0 spiro atoms. The Hall–Kier alpha value is -1.93. The number of hydrazine groups is 1. The first-order valence-corrected chi connectivity index (χ1v) is 10.7. The number of rotatable bonds is 8. The van der Waals surface area contributed by atoms with Crippen LogP contribution in [0.15, 0.2) is 42.5 Å². The van der Waals surface area contributed by atoms with Crippen molar-refractivity contribution in [1.82, 2.24) is 15.2 Å². The predicted octanol–water partition coefficient (Wildman–Crippen LogP) is 3.79. The molecule has 2 N–H and O–H groups in total. The van der Waals surface area contributed by atoms with Crippen LogP contribution in [0.5, 0.6) is 0 Å². The lowest BCUT2D eigenvalue weighted by Gasteiger charge is -2.31. The number of methoxy groups -OCH3 is 1. The summed E-state index contributed by atoms with van der Waals surface area (Å²) in [6.45, 7) is 5.32. The Balaban J connectivity index is 1.59. The van der Waals surface area contributed by atoms with Gasteiger partial charge in [-0.3, -0.25) is 15.1 Å². The maximum Gasteiger partial charge on any atom is 0.269 e. The SMILES string of the molecule is COCCN1CCCC(SNNC(=O)c2cc(-c3ccccc3)cc(C)c2F)C1. The predicted molar refractivity (Wildman–Crippen MR) is 116 cm³/mol. The highest BCUT2D eigenvalue weighted by Gasteiger charge is 2.21. The van der Waals surface area contributed by atoms with E-state index in [1.54, 1.807) is 26.2 Å². The van der Waals surface area contributed by atoms with Crippen molar-refractivity contribution < 1.29 is 13.9 Å². The van der Waals surface area contributed by atoms with E-state index in [9.17, 15) is 9.18 Å². The third kappa shape index (κ3) is 6.02. The number of amides is 1. The topological polar surface area (TPSA) is 53.6 Å². The third-order valence-corrected chi connectivity index (χ3v) is 6.01. The van der Waals surface area contributed by atoms with Gasteiger partial charge >= 0.3 is 0 Å². The summed E-state index contributed by atoms with van der Waals surface area (Å²) in [7, 11) is 1.71. The highest BCUT2D eigenvalue weighted by atomic mass is 32.2. The van der Waals surface area contributed by atoms with Crippen LogP contribution in [0.1, 0.15) is 28.8 Å². The normalized spacial score (nSPS) is 17.3. The lowest BCUT2D eigenvalue weighted by atomic mass is 9.99. The monoisotopic (exact) mass is 417 g/mol. The lowest BCUT2D eigenvalue weighted by Crippen LogP contribution is -2.42. The highest BCUT2D eigenvalue weighted by Crippen LogP contribution is 2.25. The Kier molecular flexibility index (Phi) is 8.06. The van der Waals surface area contributed by atoms with Gasteiger partial charge in [-0.25, -0.2) is 4.39 Å². The number of benzene rings is 2. The Labute approximate surface area is 176 Å². The summed E-state index contributed by atoms with van der Waals surface area (Å²) < 4.78 is 19.7. The van der Waals surface area contributed by atoms with Crippen LogP contribution in [0, 0.1) is 12.7 Å². The molecule has 1 unspecified atom stereocenters. The number of nitrogens with zero attached hydrogens (tertiary/aromatic N) is 1. The van der Waals surface area contributed by atoms with Crippen molar-refractivity contribution in [3.63, 3.8) is 0 Å². The fourth-order valence-electron chi connectivity index (χ4n) is 3.49. The Morgan fingerprint density at radius 3 is 2.83 bits per heavy atom. The van der Waals surface area contributed by atoms with E-state index in [2.05, 4.69) is 15.2 Å². The second-order valence-electron chi connectivity index (χ2n) is 7.25. The van der Waals surface area contributed by atoms with Crippen LogP contribution >= 0.6 is 11.9 Å². The summed E-state index contributed by atoms with van der Waals surface area (Å²) in [6.07, 6.45) is 2.19. The van der Waals surface area contributed by atoms with Gasteiger partial charge in [0.05, 0.1) is 12.2 Å². The van der Waals surface area contributed by atoms with Gasteiger partial charge in [-0.05, 0) is 55.1 Å². The minimum Gasteiger partial charge on any atom is -0.383 e. The van der Waals surface area contributed by atoms with E-state index in [0.29, 0.717) is 10.8 Å². The van der Waals surface area contributed by atoms with E-state index in [1.807, 2.05) is 30.3 Å². The number of hydrogen-bond acceptors (Lipinski definition) is 5. The number of carbonyl (C=O) groups is 1. The molecule has 1 aliphatic rings. The summed E-state index contributed by atoms with van der Waals surface area (Å²) in [5.74, 6) is -0.958. The van der Waals surface area contributed by atoms with Crippen molar-refractivity contribution in [2.45, 2.75) is 25.0 Å². The first-order valence-electron chi connectivity index (χ1n) is 9.86. The van der Waals surface area contributed by atoms with Crippen LogP contribution in [0.3, 0.4) is 0 Å². The van der Waals surface area contributed by atoms with Crippen molar-refractivity contribution in [3.8, 4) is 11.1 Å². The average Bonchev–Trinajstić information content (AvgIpc) is 2.75. The molecule has 1 fully saturated rings. The first kappa shape index (κ1) is 21.8. The smallest absolute Gasteiger partial charge is 0.269 e. The number of nitrogens with one attached hydrogen (secondary N) is 2. The van der Waals surface area contributed by atoms with Gasteiger partial charge < -0.3 is 4.74 Å². The number of aryl methyl sites for hydroxylation is 1. The number of likely N-dealkylation sites (tertiary alicyclic amines) is 1. The first-order chi connectivity index (χ1) is 14.1. The van der Waals surface area contributed by atoms with Gasteiger partial charge in [-0.15, -0.1) is 0 Å². The number of ether oxygens (including phenoxy) is 1. The van der Waals surface area contributed by atoms with Crippen LogP contribution in [-0.4, -0.2) is 49.4 Å². The maximum absolute atomic E-state index is 14.6. The summed E-state index contributed by atoms with van der Waals surface area (Å²) in [5.41, 5.74) is 4.91. The quantitative estimate of drug-likeness (QED) is 0.506. The zero-order valence-corrected chi connectivity index (χ0v) is 17.7. The zero-order chi connectivity index (χ0) is 20.6. The molecule has 156 valence electrons. The molecule has 2 aromatic carbocycles. The van der Waals surface area contributed by atoms with Crippen molar-refractivity contribution in [3.05, 3.63) is 59.4 Å². The second-order valence-corrected chi connectivity index (χ2v) is 8.36. The molecule has 1 amide bonds. The summed E-state index contributed by atoms with van der Waals surface area (Å²) in [5, 5.41) is 0.364. The molecule has 1 heterocycles. The standard InChI is InChI=1S/C22H28FN3O2S/c1-16-13-18(17-7-4-3-5-8-17)14-20(21(16)23)22(27)24-25-29-19-9-6-10-26(15-19)11-12-28-2/h3-5,7-8,13-14,19,25H,6,9-12,15H2,1-2H3,(H,24,27). The number of hydrogen-bond donors (Lipinski definition) is 2. The molecule has 5 nitrogen and oxygen atoms in total. The number of carbonyl (C=O) groups excluding carboxylic acids is 1. The average molecular weight is 418 g/mol. The molecule has 0 saturated carbocycles. The van der Waals surface area contributed by atoms with E-state index >= 15 is 0 Å². The van der Waals surface area contributed by atoms with Crippen molar-refractivity contribution in [1.29, 1.82) is 0 Å². The minimum atomic E-state index is -0.489. The van der Waals surface area contributed by atoms with Gasteiger partial charge in [0, 0.05) is 25.4 Å². The van der Waals surface area contributed by atoms with Crippen LogP contribution in [0.2, 0.25) is 0 Å². The van der Waals surface area contributed by atoms with E-state index < -0.39 is 11.7 Å². The minimum absolute atomic E-state index is 0.0438. The largest absolute Gasteiger partial charge is 0.383 e. The molecule has 1 atom stereocenters. The summed E-state index contributed by atoms with van der Waals surface area (Å²) >= 11 is 1.48. The van der Waals surface area contributed by atoms with Crippen LogP contribution in [0.4, 0.5) is 4.39 Å². The van der Waals surface area contributed by atoms with E-state index in [1.165, 1.54) is 11.9 Å². The zero-order valence-electron chi connectivity index (χ0n) is 16.9. The third-order valence-electron chi connectivity index (χ3n) is 5.07. The highest BCUT2D eigenvalue weighted by molar-refractivity contribution is 7.98. The fraction of sp³-hybridized carbons (Fsp3) is 0.409. The van der Waals surface area contributed by atoms with Crippen LogP contribution in [0.25, 0.3) is 11.1 Å². The Morgan fingerprint density at radius 1 is 1.28 bits per heavy atom. The van der Waals surface area contributed by atoms with E-state index in [4.69, 9.17) is 4.74 Å². The number of piperidine rings is 1. The van der Waals surface area contributed by atoms with Gasteiger partial charge in [0.25, 0.3) is 5.91 Å². The molecule has 0 radical (unpaired) electrons. The van der Waals surface area contributed by atoms with Crippen molar-refractivity contribution >= 4 is 17.9 Å². The second kappa shape index (κ2) is 10.7. The molecule has 1 saturated heterocycles. The molecule has 0 aliphatic carbocycles.